The van der Waals surface area contributed by atoms with E-state index in [1.165, 1.54) is 6.07 Å². The molecule has 0 fully saturated rings. The van der Waals surface area contributed by atoms with Gasteiger partial charge in [-0.25, -0.2) is 0 Å². The molecular weight excluding hydrogens is 108 g/mol. The standard InChI is InChI=1S/C5H6O3/c1-4-2-3-5(7-4)8-6/h2-3,6H,1H3. The predicted octanol–water partition coefficient (Wildman–Crippen LogP) is 1.44. The molecule has 3 heteroatoms. The Kier molecular flexibility index (Phi) is 1.22. The van der Waals surface area contributed by atoms with Gasteiger partial charge in [0.1, 0.15) is 5.76 Å². The molecule has 1 N–H and O–H groups in total. The molecule has 0 radical (unpaired) electrons. The number of hydrogen-bond donors (Lipinski definition) is 1. The summed E-state index contributed by atoms with van der Waals surface area (Å²) in [6.07, 6.45) is 0. The van der Waals surface area contributed by atoms with Crippen LogP contribution in [-0.4, -0.2) is 5.26 Å². The third-order valence-electron chi connectivity index (χ3n) is 0.806. The molecule has 44 valence electrons. The highest BCUT2D eigenvalue weighted by atomic mass is 17.1. The van der Waals surface area contributed by atoms with E-state index in [0.717, 1.165) is 0 Å². The van der Waals surface area contributed by atoms with Crippen LogP contribution in [0.4, 0.5) is 0 Å². The summed E-state index contributed by atoms with van der Waals surface area (Å²) in [5, 5.41) is 7.96. The van der Waals surface area contributed by atoms with E-state index in [0.29, 0.717) is 5.76 Å². The second-order valence-corrected chi connectivity index (χ2v) is 1.46. The normalized spacial score (nSPS) is 9.25. The van der Waals surface area contributed by atoms with Crippen LogP contribution in [0.3, 0.4) is 0 Å². The molecule has 8 heavy (non-hydrogen) atoms. The van der Waals surface area contributed by atoms with Gasteiger partial charge in [0.05, 0.1) is 0 Å². The van der Waals surface area contributed by atoms with Crippen LogP contribution < -0.4 is 4.89 Å². The Morgan fingerprint density at radius 2 is 2.38 bits per heavy atom. The molecule has 0 unspecified atom stereocenters. The van der Waals surface area contributed by atoms with E-state index >= 15 is 0 Å². The van der Waals surface area contributed by atoms with Crippen LogP contribution >= 0.6 is 0 Å². The molecule has 0 atom stereocenters. The maximum Gasteiger partial charge on any atom is 0.321 e. The molecule has 0 aliphatic carbocycles. The number of rotatable bonds is 1. The third-order valence-corrected chi connectivity index (χ3v) is 0.806. The second kappa shape index (κ2) is 1.88. The number of aryl methyl sites for hydroxylation is 1. The summed E-state index contributed by atoms with van der Waals surface area (Å²) >= 11 is 0. The Morgan fingerprint density at radius 3 is 2.62 bits per heavy atom. The Bertz CT molecular complexity index is 168. The lowest BCUT2D eigenvalue weighted by atomic mass is 10.5. The minimum absolute atomic E-state index is 0.127. The first-order valence-electron chi connectivity index (χ1n) is 2.21. The van der Waals surface area contributed by atoms with Crippen LogP contribution in [0.15, 0.2) is 16.5 Å². The Labute approximate surface area is 46.4 Å². The van der Waals surface area contributed by atoms with Gasteiger partial charge in [-0.2, -0.15) is 5.26 Å². The predicted molar refractivity (Wildman–Crippen MR) is 26.7 cm³/mol. The van der Waals surface area contributed by atoms with Gasteiger partial charge < -0.3 is 9.30 Å². The van der Waals surface area contributed by atoms with Crippen molar-refractivity contribution < 1.29 is 14.6 Å². The van der Waals surface area contributed by atoms with Gasteiger partial charge in [-0.05, 0) is 13.0 Å². The van der Waals surface area contributed by atoms with Crippen molar-refractivity contribution in [1.29, 1.82) is 0 Å². The third kappa shape index (κ3) is 0.816. The molecule has 0 amide bonds. The van der Waals surface area contributed by atoms with E-state index in [9.17, 15) is 0 Å². The van der Waals surface area contributed by atoms with Crippen molar-refractivity contribution in [1.82, 2.24) is 0 Å². The van der Waals surface area contributed by atoms with Crippen molar-refractivity contribution in [2.75, 3.05) is 0 Å². The average Bonchev–Trinajstić information content (AvgIpc) is 2.14. The maximum atomic E-state index is 7.96. The molecule has 0 aliphatic rings. The van der Waals surface area contributed by atoms with Crippen molar-refractivity contribution in [3.05, 3.63) is 17.9 Å². The van der Waals surface area contributed by atoms with Gasteiger partial charge in [0, 0.05) is 6.07 Å². The van der Waals surface area contributed by atoms with Crippen molar-refractivity contribution in [3.8, 4) is 5.95 Å². The van der Waals surface area contributed by atoms with Crippen LogP contribution in [0, 0.1) is 6.92 Å². The highest BCUT2D eigenvalue weighted by Gasteiger charge is 1.94. The lowest BCUT2D eigenvalue weighted by Crippen LogP contribution is -1.77. The maximum absolute atomic E-state index is 7.96. The van der Waals surface area contributed by atoms with E-state index in [-0.39, 0.29) is 5.95 Å². The Hall–Kier alpha value is -0.960. The van der Waals surface area contributed by atoms with Crippen molar-refractivity contribution >= 4 is 0 Å². The molecule has 0 aliphatic heterocycles. The zero-order chi connectivity index (χ0) is 5.98. The van der Waals surface area contributed by atoms with Crippen LogP contribution in [0.2, 0.25) is 0 Å². The van der Waals surface area contributed by atoms with Crippen molar-refractivity contribution in [2.45, 2.75) is 6.92 Å². The average molecular weight is 114 g/mol. The smallest absolute Gasteiger partial charge is 0.321 e. The molecule has 1 aromatic rings. The molecule has 1 rings (SSSR count). The highest BCUT2D eigenvalue weighted by Crippen LogP contribution is 2.12. The Morgan fingerprint density at radius 1 is 1.62 bits per heavy atom. The van der Waals surface area contributed by atoms with Crippen LogP contribution in [0.5, 0.6) is 5.95 Å². The fraction of sp³-hybridized carbons (Fsp3) is 0.200. The fourth-order valence-electron chi connectivity index (χ4n) is 0.461. The number of furan rings is 1. The van der Waals surface area contributed by atoms with Crippen LogP contribution in [0.1, 0.15) is 5.76 Å². The highest BCUT2D eigenvalue weighted by molar-refractivity contribution is 5.09. The zero-order valence-corrected chi connectivity index (χ0v) is 4.42. The van der Waals surface area contributed by atoms with Gasteiger partial charge in [0.15, 0.2) is 0 Å². The molecule has 1 heterocycles. The van der Waals surface area contributed by atoms with Crippen molar-refractivity contribution in [2.24, 2.45) is 0 Å². The quantitative estimate of drug-likeness (QED) is 0.443. The fourth-order valence-corrected chi connectivity index (χ4v) is 0.461. The SMILES string of the molecule is Cc1ccc(OO)o1. The van der Waals surface area contributed by atoms with Crippen molar-refractivity contribution in [3.63, 3.8) is 0 Å². The lowest BCUT2D eigenvalue weighted by Gasteiger charge is -1.84. The second-order valence-electron chi connectivity index (χ2n) is 1.46. The zero-order valence-electron chi connectivity index (χ0n) is 4.42. The van der Waals surface area contributed by atoms with Gasteiger partial charge >= 0.3 is 5.95 Å². The molecular formula is C5H6O3. The van der Waals surface area contributed by atoms with E-state index in [1.807, 2.05) is 0 Å². The van der Waals surface area contributed by atoms with E-state index in [2.05, 4.69) is 4.89 Å². The molecule has 3 nitrogen and oxygen atoms in total. The minimum atomic E-state index is 0.127. The molecule has 1 aromatic heterocycles. The van der Waals surface area contributed by atoms with Gasteiger partial charge in [0.25, 0.3) is 0 Å². The summed E-state index contributed by atoms with van der Waals surface area (Å²) in [4.78, 5) is 3.77. The first-order chi connectivity index (χ1) is 3.83. The molecule has 0 aromatic carbocycles. The molecule has 0 spiro atoms. The van der Waals surface area contributed by atoms with Crippen LogP contribution in [-0.2, 0) is 0 Å². The van der Waals surface area contributed by atoms with E-state index in [4.69, 9.17) is 9.67 Å². The topological polar surface area (TPSA) is 42.6 Å². The summed E-state index contributed by atoms with van der Waals surface area (Å²) in [6, 6.07) is 3.24. The minimum Gasteiger partial charge on any atom is -0.429 e. The van der Waals surface area contributed by atoms with Gasteiger partial charge in [0.2, 0.25) is 0 Å². The molecule has 0 bridgehead atoms. The van der Waals surface area contributed by atoms with E-state index in [1.54, 1.807) is 13.0 Å². The summed E-state index contributed by atoms with van der Waals surface area (Å²) in [6.45, 7) is 1.77. The first kappa shape index (κ1) is 5.18. The monoisotopic (exact) mass is 114 g/mol. The first-order valence-corrected chi connectivity index (χ1v) is 2.21. The van der Waals surface area contributed by atoms with Crippen LogP contribution in [0.25, 0.3) is 0 Å². The van der Waals surface area contributed by atoms with Gasteiger partial charge in [-0.3, -0.25) is 0 Å². The summed E-state index contributed by atoms with van der Waals surface area (Å²) in [7, 11) is 0. The van der Waals surface area contributed by atoms with E-state index < -0.39 is 0 Å². The summed E-state index contributed by atoms with van der Waals surface area (Å²) in [5.41, 5.74) is 0. The van der Waals surface area contributed by atoms with Gasteiger partial charge in [-0.15, -0.1) is 0 Å². The van der Waals surface area contributed by atoms with Gasteiger partial charge in [-0.1, -0.05) is 0 Å². The molecule has 0 saturated carbocycles. The lowest BCUT2D eigenvalue weighted by molar-refractivity contribution is -0.155. The summed E-state index contributed by atoms with van der Waals surface area (Å²) < 4.78 is 4.76. The largest absolute Gasteiger partial charge is 0.429 e. The molecule has 0 saturated heterocycles. The number of hydrogen-bond acceptors (Lipinski definition) is 3. The summed E-state index contributed by atoms with van der Waals surface area (Å²) in [5.74, 6) is 0.844. The Balaban J connectivity index is 2.84.